The molecule has 2 rings (SSSR count). The van der Waals surface area contributed by atoms with E-state index in [0.717, 1.165) is 5.41 Å². The SMILES string of the molecule is COc1cccc2c1C(N)=CS(=O)(=O)N2. The van der Waals surface area contributed by atoms with Gasteiger partial charge in [-0.2, -0.15) is 0 Å². The summed E-state index contributed by atoms with van der Waals surface area (Å²) < 4.78 is 30.1. The maximum absolute atomic E-state index is 11.3. The van der Waals surface area contributed by atoms with Crippen molar-refractivity contribution in [2.24, 2.45) is 5.73 Å². The van der Waals surface area contributed by atoms with Gasteiger partial charge < -0.3 is 10.5 Å². The number of ether oxygens (including phenoxy) is 1. The third kappa shape index (κ3) is 1.63. The molecule has 5 nitrogen and oxygen atoms in total. The lowest BCUT2D eigenvalue weighted by Crippen LogP contribution is -2.18. The monoisotopic (exact) mass is 226 g/mol. The molecule has 0 saturated carbocycles. The van der Waals surface area contributed by atoms with Gasteiger partial charge in [0.25, 0.3) is 10.0 Å². The zero-order valence-corrected chi connectivity index (χ0v) is 8.84. The van der Waals surface area contributed by atoms with Crippen molar-refractivity contribution in [2.75, 3.05) is 11.8 Å². The lowest BCUT2D eigenvalue weighted by Gasteiger charge is -2.18. The molecule has 1 aliphatic heterocycles. The molecule has 1 heterocycles. The Balaban J connectivity index is 2.70. The molecule has 6 heteroatoms. The van der Waals surface area contributed by atoms with Crippen molar-refractivity contribution >= 4 is 21.4 Å². The number of hydrogen-bond acceptors (Lipinski definition) is 4. The van der Waals surface area contributed by atoms with Gasteiger partial charge in [0.15, 0.2) is 0 Å². The third-order valence-corrected chi connectivity index (χ3v) is 3.14. The van der Waals surface area contributed by atoms with Gasteiger partial charge in [-0.15, -0.1) is 0 Å². The van der Waals surface area contributed by atoms with Crippen molar-refractivity contribution < 1.29 is 13.2 Å². The molecule has 0 amide bonds. The summed E-state index contributed by atoms with van der Waals surface area (Å²) in [6.07, 6.45) is 0. The largest absolute Gasteiger partial charge is 0.496 e. The number of fused-ring (bicyclic) bond motifs is 1. The van der Waals surface area contributed by atoms with E-state index in [1.54, 1.807) is 18.2 Å². The fourth-order valence-electron chi connectivity index (χ4n) is 1.49. The summed E-state index contributed by atoms with van der Waals surface area (Å²) >= 11 is 0. The van der Waals surface area contributed by atoms with Crippen LogP contribution in [0.4, 0.5) is 5.69 Å². The number of hydrogen-bond donors (Lipinski definition) is 2. The highest BCUT2D eigenvalue weighted by Gasteiger charge is 2.22. The Kier molecular flexibility index (Phi) is 2.08. The average Bonchev–Trinajstić information content (AvgIpc) is 2.14. The standard InChI is InChI=1S/C9H10N2O3S/c1-14-8-4-2-3-7-9(8)6(10)5-15(12,13)11-7/h2-5,11H,10H2,1H3. The summed E-state index contributed by atoms with van der Waals surface area (Å²) in [4.78, 5) is 0. The van der Waals surface area contributed by atoms with Gasteiger partial charge in [-0.3, -0.25) is 4.72 Å². The first-order valence-corrected chi connectivity index (χ1v) is 5.75. The van der Waals surface area contributed by atoms with E-state index in [9.17, 15) is 8.42 Å². The third-order valence-electron chi connectivity index (χ3n) is 2.07. The van der Waals surface area contributed by atoms with E-state index in [-0.39, 0.29) is 5.70 Å². The summed E-state index contributed by atoms with van der Waals surface area (Å²) in [5.41, 5.74) is 6.86. The summed E-state index contributed by atoms with van der Waals surface area (Å²) in [5, 5.41) is 0.984. The van der Waals surface area contributed by atoms with Gasteiger partial charge in [-0.1, -0.05) is 6.07 Å². The molecule has 0 radical (unpaired) electrons. The Hall–Kier alpha value is -1.69. The number of nitrogens with two attached hydrogens (primary N) is 1. The Morgan fingerprint density at radius 2 is 2.13 bits per heavy atom. The van der Waals surface area contributed by atoms with Crippen LogP contribution in [0.15, 0.2) is 23.6 Å². The predicted molar refractivity (Wildman–Crippen MR) is 57.7 cm³/mol. The van der Waals surface area contributed by atoms with Crippen molar-refractivity contribution in [1.82, 2.24) is 0 Å². The fourth-order valence-corrected chi connectivity index (χ4v) is 2.48. The lowest BCUT2D eigenvalue weighted by atomic mass is 10.1. The molecule has 1 aromatic carbocycles. The van der Waals surface area contributed by atoms with Crippen molar-refractivity contribution in [3.05, 3.63) is 29.2 Å². The highest BCUT2D eigenvalue weighted by atomic mass is 32.2. The average molecular weight is 226 g/mol. The summed E-state index contributed by atoms with van der Waals surface area (Å²) in [6, 6.07) is 5.05. The highest BCUT2D eigenvalue weighted by molar-refractivity contribution is 7.95. The van der Waals surface area contributed by atoms with Gasteiger partial charge in [0.2, 0.25) is 0 Å². The van der Waals surface area contributed by atoms with Crippen molar-refractivity contribution in [1.29, 1.82) is 0 Å². The zero-order valence-electron chi connectivity index (χ0n) is 8.02. The van der Waals surface area contributed by atoms with Gasteiger partial charge in [0, 0.05) is 0 Å². The zero-order chi connectivity index (χ0) is 11.1. The van der Waals surface area contributed by atoms with E-state index in [4.69, 9.17) is 10.5 Å². The van der Waals surface area contributed by atoms with Gasteiger partial charge >= 0.3 is 0 Å². The molecule has 1 aliphatic rings. The number of sulfonamides is 1. The molecule has 80 valence electrons. The Labute approximate surface area is 87.6 Å². The van der Waals surface area contributed by atoms with Crippen molar-refractivity contribution in [3.63, 3.8) is 0 Å². The maximum atomic E-state index is 11.3. The second-order valence-corrected chi connectivity index (χ2v) is 4.63. The molecule has 0 aromatic heterocycles. The van der Waals surface area contributed by atoms with Crippen LogP contribution in [0.3, 0.4) is 0 Å². The molecule has 0 bridgehead atoms. The number of methoxy groups -OCH3 is 1. The summed E-state index contributed by atoms with van der Waals surface area (Å²) in [6.45, 7) is 0. The Bertz CT molecular complexity index is 534. The number of anilines is 1. The molecule has 0 spiro atoms. The van der Waals surface area contributed by atoms with E-state index < -0.39 is 10.0 Å². The van der Waals surface area contributed by atoms with Gasteiger partial charge in [0.1, 0.15) is 5.75 Å². The Morgan fingerprint density at radius 1 is 1.40 bits per heavy atom. The van der Waals surface area contributed by atoms with Crippen LogP contribution < -0.4 is 15.2 Å². The smallest absolute Gasteiger partial charge is 0.257 e. The molecule has 3 N–H and O–H groups in total. The predicted octanol–water partition coefficient (Wildman–Crippen LogP) is 0.708. The van der Waals surface area contributed by atoms with Crippen LogP contribution in [0.1, 0.15) is 5.56 Å². The van der Waals surface area contributed by atoms with E-state index >= 15 is 0 Å². The van der Waals surface area contributed by atoms with Gasteiger partial charge in [-0.05, 0) is 12.1 Å². The molecule has 1 aromatic rings. The molecule has 0 saturated heterocycles. The first-order chi connectivity index (χ1) is 7.03. The summed E-state index contributed by atoms with van der Waals surface area (Å²) in [5.74, 6) is 0.545. The van der Waals surface area contributed by atoms with Crippen LogP contribution in [0.2, 0.25) is 0 Å². The molecule has 0 unspecified atom stereocenters. The number of benzene rings is 1. The molecule has 0 atom stereocenters. The topological polar surface area (TPSA) is 81.4 Å². The van der Waals surface area contributed by atoms with E-state index in [1.165, 1.54) is 7.11 Å². The van der Waals surface area contributed by atoms with Crippen LogP contribution in [-0.2, 0) is 10.0 Å². The molecular formula is C9H10N2O3S. The van der Waals surface area contributed by atoms with E-state index in [1.807, 2.05) is 0 Å². The first kappa shape index (κ1) is 9.85. The Morgan fingerprint density at radius 3 is 2.80 bits per heavy atom. The molecule has 0 aliphatic carbocycles. The van der Waals surface area contributed by atoms with Crippen LogP contribution in [0.5, 0.6) is 5.75 Å². The van der Waals surface area contributed by atoms with Crippen LogP contribution >= 0.6 is 0 Å². The highest BCUT2D eigenvalue weighted by Crippen LogP contribution is 2.34. The van der Waals surface area contributed by atoms with Gasteiger partial charge in [0.05, 0.1) is 29.5 Å². The second-order valence-electron chi connectivity index (χ2n) is 3.10. The minimum atomic E-state index is -3.46. The molecule has 0 fully saturated rings. The first-order valence-electron chi connectivity index (χ1n) is 4.21. The van der Waals surface area contributed by atoms with Crippen LogP contribution in [-0.4, -0.2) is 15.5 Å². The minimum Gasteiger partial charge on any atom is -0.496 e. The van der Waals surface area contributed by atoms with Crippen LogP contribution in [0.25, 0.3) is 5.70 Å². The fraction of sp³-hybridized carbons (Fsp3) is 0.111. The van der Waals surface area contributed by atoms with E-state index in [0.29, 0.717) is 17.0 Å². The van der Waals surface area contributed by atoms with Gasteiger partial charge in [-0.25, -0.2) is 8.42 Å². The lowest BCUT2D eigenvalue weighted by molar-refractivity contribution is 0.413. The van der Waals surface area contributed by atoms with Crippen molar-refractivity contribution in [2.45, 2.75) is 0 Å². The normalized spacial score (nSPS) is 17.3. The summed E-state index contributed by atoms with van der Waals surface area (Å²) in [7, 11) is -1.96. The number of nitrogens with one attached hydrogen (secondary N) is 1. The van der Waals surface area contributed by atoms with Crippen molar-refractivity contribution in [3.8, 4) is 5.75 Å². The quantitative estimate of drug-likeness (QED) is 0.738. The second kappa shape index (κ2) is 3.16. The molecular weight excluding hydrogens is 216 g/mol. The maximum Gasteiger partial charge on any atom is 0.257 e. The number of rotatable bonds is 1. The van der Waals surface area contributed by atoms with E-state index in [2.05, 4.69) is 4.72 Å². The minimum absolute atomic E-state index is 0.182. The van der Waals surface area contributed by atoms with Crippen LogP contribution in [0, 0.1) is 0 Å². The molecule has 15 heavy (non-hydrogen) atoms.